The van der Waals surface area contributed by atoms with Crippen molar-refractivity contribution in [2.75, 3.05) is 0 Å². The Balaban J connectivity index is 1.89. The zero-order chi connectivity index (χ0) is 12.4. The first-order valence-electron chi connectivity index (χ1n) is 5.95. The lowest BCUT2D eigenvalue weighted by Crippen LogP contribution is -2.38. The Hall–Kier alpha value is -0.650. The number of alkyl halides is 1. The number of carbonyl (C=O) groups excluding carboxylic acids is 1. The summed E-state index contributed by atoms with van der Waals surface area (Å²) in [5, 5.41) is 3.07. The molecule has 0 spiro atoms. The third-order valence-corrected chi connectivity index (χ3v) is 4.33. The van der Waals surface area contributed by atoms with Gasteiger partial charge in [0.15, 0.2) is 0 Å². The number of carbonyl (C=O) groups is 1. The minimum absolute atomic E-state index is 0.127. The lowest BCUT2D eigenvalue weighted by Gasteiger charge is -2.16. The molecule has 2 rings (SSSR count). The SMILES string of the molecule is CC(I)[C@@H](C)NC(=O)C1CC1c1ccccn1. The van der Waals surface area contributed by atoms with Crippen LogP contribution in [0.3, 0.4) is 0 Å². The topological polar surface area (TPSA) is 42.0 Å². The Morgan fingerprint density at radius 2 is 2.29 bits per heavy atom. The molecule has 1 aliphatic rings. The number of pyridine rings is 1. The van der Waals surface area contributed by atoms with Gasteiger partial charge in [0.1, 0.15) is 0 Å². The van der Waals surface area contributed by atoms with Gasteiger partial charge in [-0.05, 0) is 25.5 Å². The van der Waals surface area contributed by atoms with Crippen LogP contribution in [0.2, 0.25) is 0 Å². The van der Waals surface area contributed by atoms with E-state index in [1.165, 1.54) is 0 Å². The highest BCUT2D eigenvalue weighted by atomic mass is 127. The Kier molecular flexibility index (Phi) is 4.01. The molecule has 1 aromatic rings. The van der Waals surface area contributed by atoms with Crippen molar-refractivity contribution in [2.45, 2.75) is 36.2 Å². The summed E-state index contributed by atoms with van der Waals surface area (Å²) in [5.74, 6) is 0.632. The van der Waals surface area contributed by atoms with Crippen molar-refractivity contribution >= 4 is 28.5 Å². The fraction of sp³-hybridized carbons (Fsp3) is 0.538. The van der Waals surface area contributed by atoms with Crippen LogP contribution in [0.15, 0.2) is 24.4 Å². The lowest BCUT2D eigenvalue weighted by molar-refractivity contribution is -0.123. The molecular formula is C13H17IN2O. The highest BCUT2D eigenvalue weighted by molar-refractivity contribution is 14.1. The highest BCUT2D eigenvalue weighted by Gasteiger charge is 2.45. The van der Waals surface area contributed by atoms with Crippen LogP contribution >= 0.6 is 22.6 Å². The van der Waals surface area contributed by atoms with Crippen LogP contribution in [0.1, 0.15) is 31.9 Å². The monoisotopic (exact) mass is 344 g/mol. The number of aromatic nitrogens is 1. The third kappa shape index (κ3) is 3.18. The molecule has 0 radical (unpaired) electrons. The van der Waals surface area contributed by atoms with Crippen LogP contribution in [-0.2, 0) is 4.79 Å². The molecule has 1 saturated carbocycles. The molecule has 3 nitrogen and oxygen atoms in total. The maximum absolute atomic E-state index is 12.0. The summed E-state index contributed by atoms with van der Waals surface area (Å²) in [6.07, 6.45) is 2.73. The van der Waals surface area contributed by atoms with Crippen LogP contribution in [0.4, 0.5) is 0 Å². The zero-order valence-electron chi connectivity index (χ0n) is 10.1. The van der Waals surface area contributed by atoms with Gasteiger partial charge in [-0.15, -0.1) is 0 Å². The quantitative estimate of drug-likeness (QED) is 0.674. The first kappa shape index (κ1) is 12.8. The second kappa shape index (κ2) is 5.33. The summed E-state index contributed by atoms with van der Waals surface area (Å²) in [6, 6.07) is 6.11. The van der Waals surface area contributed by atoms with Gasteiger partial charge < -0.3 is 5.32 Å². The van der Waals surface area contributed by atoms with Crippen LogP contribution < -0.4 is 5.32 Å². The average molecular weight is 344 g/mol. The van der Waals surface area contributed by atoms with E-state index in [1.807, 2.05) is 25.1 Å². The standard InChI is InChI=1S/C13H17IN2O/c1-8(14)9(2)16-13(17)11-7-10(11)12-5-3-4-6-15-12/h3-6,8-11H,7H2,1-2H3,(H,16,17)/t8?,9-,10?,11?/m1/s1. The smallest absolute Gasteiger partial charge is 0.224 e. The van der Waals surface area contributed by atoms with E-state index in [2.05, 4.69) is 39.8 Å². The minimum atomic E-state index is 0.127. The predicted octanol–water partition coefficient (Wildman–Crippen LogP) is 2.51. The molecule has 3 unspecified atom stereocenters. The maximum atomic E-state index is 12.0. The largest absolute Gasteiger partial charge is 0.352 e. The Labute approximate surface area is 116 Å². The van der Waals surface area contributed by atoms with E-state index in [0.29, 0.717) is 9.84 Å². The first-order chi connectivity index (χ1) is 8.09. The molecule has 0 saturated heterocycles. The first-order valence-corrected chi connectivity index (χ1v) is 7.19. The van der Waals surface area contributed by atoms with E-state index in [4.69, 9.17) is 0 Å². The van der Waals surface area contributed by atoms with Gasteiger partial charge in [0.05, 0.1) is 0 Å². The van der Waals surface area contributed by atoms with Crippen molar-refractivity contribution in [2.24, 2.45) is 5.92 Å². The maximum Gasteiger partial charge on any atom is 0.224 e. The number of hydrogen-bond donors (Lipinski definition) is 1. The molecule has 1 aromatic heterocycles. The average Bonchev–Trinajstić information content (AvgIpc) is 3.10. The molecule has 1 amide bonds. The van der Waals surface area contributed by atoms with Crippen LogP contribution in [-0.4, -0.2) is 20.9 Å². The van der Waals surface area contributed by atoms with E-state index in [1.54, 1.807) is 6.20 Å². The molecule has 1 heterocycles. The summed E-state index contributed by atoms with van der Waals surface area (Å²) in [6.45, 7) is 4.15. The molecule has 0 bridgehead atoms. The Bertz CT molecular complexity index is 394. The van der Waals surface area contributed by atoms with Crippen molar-refractivity contribution in [3.63, 3.8) is 0 Å². The van der Waals surface area contributed by atoms with E-state index in [0.717, 1.165) is 12.1 Å². The summed E-state index contributed by atoms with van der Waals surface area (Å²) in [7, 11) is 0. The molecule has 1 N–H and O–H groups in total. The lowest BCUT2D eigenvalue weighted by atomic mass is 10.2. The van der Waals surface area contributed by atoms with Gasteiger partial charge in [0.25, 0.3) is 0 Å². The van der Waals surface area contributed by atoms with Crippen LogP contribution in [0.5, 0.6) is 0 Å². The van der Waals surface area contributed by atoms with E-state index in [9.17, 15) is 4.79 Å². The van der Waals surface area contributed by atoms with E-state index >= 15 is 0 Å². The van der Waals surface area contributed by atoms with Crippen molar-refractivity contribution < 1.29 is 4.79 Å². The van der Waals surface area contributed by atoms with E-state index < -0.39 is 0 Å². The number of nitrogens with zero attached hydrogens (tertiary/aromatic N) is 1. The van der Waals surface area contributed by atoms with Gasteiger partial charge in [0, 0.05) is 33.7 Å². The highest BCUT2D eigenvalue weighted by Crippen LogP contribution is 2.46. The number of rotatable bonds is 4. The Morgan fingerprint density at radius 3 is 2.88 bits per heavy atom. The summed E-state index contributed by atoms with van der Waals surface area (Å²) in [5.41, 5.74) is 1.04. The third-order valence-electron chi connectivity index (χ3n) is 3.25. The summed E-state index contributed by atoms with van der Waals surface area (Å²) < 4.78 is 0.448. The predicted molar refractivity (Wildman–Crippen MR) is 76.2 cm³/mol. The zero-order valence-corrected chi connectivity index (χ0v) is 12.2. The number of nitrogens with one attached hydrogen (secondary N) is 1. The fourth-order valence-corrected chi connectivity index (χ4v) is 2.03. The van der Waals surface area contributed by atoms with Gasteiger partial charge in [0.2, 0.25) is 5.91 Å². The number of hydrogen-bond acceptors (Lipinski definition) is 2. The van der Waals surface area contributed by atoms with Crippen LogP contribution in [0, 0.1) is 5.92 Å². The van der Waals surface area contributed by atoms with Crippen molar-refractivity contribution in [3.8, 4) is 0 Å². The molecule has 4 atom stereocenters. The van der Waals surface area contributed by atoms with Crippen molar-refractivity contribution in [1.82, 2.24) is 10.3 Å². The Morgan fingerprint density at radius 1 is 1.53 bits per heavy atom. The van der Waals surface area contributed by atoms with Gasteiger partial charge in [-0.2, -0.15) is 0 Å². The van der Waals surface area contributed by atoms with Crippen molar-refractivity contribution in [1.29, 1.82) is 0 Å². The van der Waals surface area contributed by atoms with Gasteiger partial charge in [-0.1, -0.05) is 35.6 Å². The molecule has 92 valence electrons. The van der Waals surface area contributed by atoms with Crippen molar-refractivity contribution in [3.05, 3.63) is 30.1 Å². The van der Waals surface area contributed by atoms with Gasteiger partial charge >= 0.3 is 0 Å². The summed E-state index contributed by atoms with van der Waals surface area (Å²) >= 11 is 2.34. The second-order valence-electron chi connectivity index (χ2n) is 4.68. The van der Waals surface area contributed by atoms with Gasteiger partial charge in [-0.25, -0.2) is 0 Å². The number of halogens is 1. The molecule has 17 heavy (non-hydrogen) atoms. The molecule has 0 aromatic carbocycles. The van der Waals surface area contributed by atoms with Gasteiger partial charge in [-0.3, -0.25) is 9.78 Å². The molecule has 0 aliphatic heterocycles. The second-order valence-corrected chi connectivity index (χ2v) is 6.64. The van der Waals surface area contributed by atoms with Crippen LogP contribution in [0.25, 0.3) is 0 Å². The normalized spacial score (nSPS) is 26.1. The summed E-state index contributed by atoms with van der Waals surface area (Å²) in [4.78, 5) is 16.3. The molecular weight excluding hydrogens is 327 g/mol. The molecule has 4 heteroatoms. The molecule has 1 fully saturated rings. The number of amides is 1. The molecule has 1 aliphatic carbocycles. The van der Waals surface area contributed by atoms with E-state index in [-0.39, 0.29) is 17.9 Å². The fourth-order valence-electron chi connectivity index (χ4n) is 1.85. The minimum Gasteiger partial charge on any atom is -0.352 e.